The average Bonchev–Trinajstić information content (AvgIpc) is 3.00. The van der Waals surface area contributed by atoms with Crippen LogP contribution in [0.15, 0.2) is 33.8 Å². The minimum Gasteiger partial charge on any atom is -0.361 e. The van der Waals surface area contributed by atoms with Crippen molar-refractivity contribution in [1.82, 2.24) is 15.8 Å². The van der Waals surface area contributed by atoms with Crippen LogP contribution in [0, 0.1) is 6.92 Å². The molecule has 5 heteroatoms. The minimum atomic E-state index is 0.660. The number of aliphatic imine (C=N–C) groups is 1. The summed E-state index contributed by atoms with van der Waals surface area (Å²) in [6.45, 7) is 10.5. The summed E-state index contributed by atoms with van der Waals surface area (Å²) in [4.78, 5) is 4.70. The van der Waals surface area contributed by atoms with Crippen molar-refractivity contribution in [2.75, 3.05) is 6.54 Å². The van der Waals surface area contributed by atoms with Gasteiger partial charge < -0.3 is 15.2 Å². The van der Waals surface area contributed by atoms with E-state index in [-0.39, 0.29) is 0 Å². The number of guanidine groups is 1. The lowest BCUT2D eigenvalue weighted by Gasteiger charge is -2.12. The Labute approximate surface area is 144 Å². The van der Waals surface area contributed by atoms with Gasteiger partial charge in [-0.3, -0.25) is 0 Å². The number of nitrogens with zero attached hydrogens (tertiary/aromatic N) is 2. The second-order valence-electron chi connectivity index (χ2n) is 5.71. The Balaban J connectivity index is 2.07. The van der Waals surface area contributed by atoms with Crippen LogP contribution in [0.5, 0.6) is 0 Å². The maximum absolute atomic E-state index is 5.42. The van der Waals surface area contributed by atoms with Gasteiger partial charge in [0.2, 0.25) is 0 Å². The fraction of sp³-hybridized carbons (Fsp3) is 0.474. The van der Waals surface area contributed by atoms with Gasteiger partial charge in [-0.15, -0.1) is 0 Å². The fourth-order valence-corrected chi connectivity index (χ4v) is 2.60. The normalized spacial score (nSPS) is 11.6. The van der Waals surface area contributed by atoms with Crippen molar-refractivity contribution in [1.29, 1.82) is 0 Å². The van der Waals surface area contributed by atoms with Gasteiger partial charge in [-0.25, -0.2) is 4.99 Å². The summed E-state index contributed by atoms with van der Waals surface area (Å²) in [5.74, 6) is 1.76. The smallest absolute Gasteiger partial charge is 0.191 e. The Hall–Kier alpha value is -2.30. The standard InChI is InChI=1S/C19H28N4O/c1-5-17-16(18(6-2)24-23-17)13-22-19(20-7-3)21-12-15-11-9-8-10-14(15)4/h8-11H,5-7,12-13H2,1-4H3,(H2,20,21,22). The lowest BCUT2D eigenvalue weighted by atomic mass is 10.1. The van der Waals surface area contributed by atoms with E-state index < -0.39 is 0 Å². The van der Waals surface area contributed by atoms with E-state index in [0.29, 0.717) is 13.1 Å². The van der Waals surface area contributed by atoms with Gasteiger partial charge in [0.05, 0.1) is 12.2 Å². The van der Waals surface area contributed by atoms with E-state index in [1.165, 1.54) is 11.1 Å². The van der Waals surface area contributed by atoms with Crippen LogP contribution in [-0.2, 0) is 25.9 Å². The largest absolute Gasteiger partial charge is 0.361 e. The van der Waals surface area contributed by atoms with E-state index in [1.807, 2.05) is 0 Å². The average molecular weight is 328 g/mol. The summed E-state index contributed by atoms with van der Waals surface area (Å²) in [6, 6.07) is 8.34. The lowest BCUT2D eigenvalue weighted by molar-refractivity contribution is 0.380. The van der Waals surface area contributed by atoms with Gasteiger partial charge >= 0.3 is 0 Å². The number of hydrogen-bond acceptors (Lipinski definition) is 3. The Bertz CT molecular complexity index is 654. The number of aryl methyl sites for hydroxylation is 3. The predicted molar refractivity (Wildman–Crippen MR) is 98.1 cm³/mol. The predicted octanol–water partition coefficient (Wildman–Crippen LogP) is 3.36. The van der Waals surface area contributed by atoms with Crippen molar-refractivity contribution in [3.05, 3.63) is 52.4 Å². The first-order valence-corrected chi connectivity index (χ1v) is 8.72. The van der Waals surface area contributed by atoms with Gasteiger partial charge in [0.1, 0.15) is 5.76 Å². The summed E-state index contributed by atoms with van der Waals surface area (Å²) in [5, 5.41) is 10.9. The molecular formula is C19H28N4O. The zero-order chi connectivity index (χ0) is 17.4. The molecule has 0 fully saturated rings. The molecule has 0 aliphatic rings. The van der Waals surface area contributed by atoms with E-state index >= 15 is 0 Å². The van der Waals surface area contributed by atoms with Crippen LogP contribution < -0.4 is 10.6 Å². The van der Waals surface area contributed by atoms with Gasteiger partial charge in [0.15, 0.2) is 5.96 Å². The molecule has 2 rings (SSSR count). The number of rotatable bonds is 7. The van der Waals surface area contributed by atoms with Gasteiger partial charge in [-0.1, -0.05) is 43.3 Å². The van der Waals surface area contributed by atoms with Crippen LogP contribution in [0.2, 0.25) is 0 Å². The molecule has 0 atom stereocenters. The van der Waals surface area contributed by atoms with Gasteiger partial charge in [0.25, 0.3) is 0 Å². The highest BCUT2D eigenvalue weighted by molar-refractivity contribution is 5.79. The second kappa shape index (κ2) is 9.11. The SMILES string of the molecule is CCNC(=NCc1ccccc1C)NCc1c(CC)noc1CC. The molecule has 0 radical (unpaired) electrons. The van der Waals surface area contributed by atoms with Crippen LogP contribution in [0.3, 0.4) is 0 Å². The lowest BCUT2D eigenvalue weighted by Crippen LogP contribution is -2.37. The van der Waals surface area contributed by atoms with Crippen molar-refractivity contribution >= 4 is 5.96 Å². The topological polar surface area (TPSA) is 62.5 Å². The summed E-state index contributed by atoms with van der Waals surface area (Å²) >= 11 is 0. The molecule has 0 aliphatic heterocycles. The Morgan fingerprint density at radius 2 is 1.92 bits per heavy atom. The molecule has 0 spiro atoms. The molecule has 130 valence electrons. The first-order valence-electron chi connectivity index (χ1n) is 8.72. The molecule has 0 saturated carbocycles. The first-order chi connectivity index (χ1) is 11.7. The van der Waals surface area contributed by atoms with Crippen molar-refractivity contribution in [3.8, 4) is 0 Å². The summed E-state index contributed by atoms with van der Waals surface area (Å²) in [7, 11) is 0. The molecular weight excluding hydrogens is 300 g/mol. The van der Waals surface area contributed by atoms with Crippen molar-refractivity contribution in [3.63, 3.8) is 0 Å². The molecule has 1 heterocycles. The monoisotopic (exact) mass is 328 g/mol. The van der Waals surface area contributed by atoms with Crippen molar-refractivity contribution in [2.24, 2.45) is 4.99 Å². The molecule has 0 amide bonds. The zero-order valence-corrected chi connectivity index (χ0v) is 15.1. The third-order valence-electron chi connectivity index (χ3n) is 4.05. The quantitative estimate of drug-likeness (QED) is 0.604. The summed E-state index contributed by atoms with van der Waals surface area (Å²) in [5.41, 5.74) is 4.68. The van der Waals surface area contributed by atoms with Gasteiger partial charge in [-0.2, -0.15) is 0 Å². The molecule has 1 aromatic carbocycles. The molecule has 1 aromatic heterocycles. The first kappa shape index (κ1) is 18.0. The van der Waals surface area contributed by atoms with Crippen LogP contribution in [0.4, 0.5) is 0 Å². The van der Waals surface area contributed by atoms with Gasteiger partial charge in [-0.05, 0) is 31.4 Å². The van der Waals surface area contributed by atoms with E-state index in [2.05, 4.69) is 67.8 Å². The van der Waals surface area contributed by atoms with E-state index in [1.54, 1.807) is 0 Å². The van der Waals surface area contributed by atoms with Crippen LogP contribution in [0.25, 0.3) is 0 Å². The highest BCUT2D eigenvalue weighted by Gasteiger charge is 2.13. The molecule has 0 bridgehead atoms. The number of benzene rings is 1. The second-order valence-corrected chi connectivity index (χ2v) is 5.71. The minimum absolute atomic E-state index is 0.660. The third-order valence-corrected chi connectivity index (χ3v) is 4.05. The van der Waals surface area contributed by atoms with E-state index in [0.717, 1.165) is 42.4 Å². The maximum atomic E-state index is 5.42. The molecule has 2 N–H and O–H groups in total. The molecule has 24 heavy (non-hydrogen) atoms. The van der Waals surface area contributed by atoms with E-state index in [9.17, 15) is 0 Å². The van der Waals surface area contributed by atoms with Crippen LogP contribution >= 0.6 is 0 Å². The molecule has 0 unspecified atom stereocenters. The molecule has 5 nitrogen and oxygen atoms in total. The maximum Gasteiger partial charge on any atom is 0.191 e. The third kappa shape index (κ3) is 4.60. The number of hydrogen-bond donors (Lipinski definition) is 2. The molecule has 0 aliphatic carbocycles. The Morgan fingerprint density at radius 3 is 2.58 bits per heavy atom. The number of aromatic nitrogens is 1. The Kier molecular flexibility index (Phi) is 6.85. The highest BCUT2D eigenvalue weighted by Crippen LogP contribution is 2.15. The Morgan fingerprint density at radius 1 is 1.12 bits per heavy atom. The zero-order valence-electron chi connectivity index (χ0n) is 15.1. The summed E-state index contributed by atoms with van der Waals surface area (Å²) < 4.78 is 5.42. The molecule has 0 saturated heterocycles. The van der Waals surface area contributed by atoms with Crippen LogP contribution in [0.1, 0.15) is 48.9 Å². The van der Waals surface area contributed by atoms with Crippen molar-refractivity contribution in [2.45, 2.75) is 53.6 Å². The highest BCUT2D eigenvalue weighted by atomic mass is 16.5. The van der Waals surface area contributed by atoms with Crippen LogP contribution in [-0.4, -0.2) is 17.7 Å². The van der Waals surface area contributed by atoms with Crippen molar-refractivity contribution < 1.29 is 4.52 Å². The van der Waals surface area contributed by atoms with E-state index in [4.69, 9.17) is 9.52 Å². The van der Waals surface area contributed by atoms with Gasteiger partial charge in [0, 0.05) is 25.1 Å². The fourth-order valence-electron chi connectivity index (χ4n) is 2.60. The summed E-state index contributed by atoms with van der Waals surface area (Å²) in [6.07, 6.45) is 1.72. The number of nitrogens with one attached hydrogen (secondary N) is 2. The molecule has 2 aromatic rings.